The summed E-state index contributed by atoms with van der Waals surface area (Å²) in [4.78, 5) is 4.11. The van der Waals surface area contributed by atoms with Gasteiger partial charge in [-0.3, -0.25) is 5.26 Å². The second kappa shape index (κ2) is 12.8. The monoisotopic (exact) mass is 518 g/mol. The van der Waals surface area contributed by atoms with Crippen LogP contribution in [0.5, 0.6) is 0 Å². The Morgan fingerprint density at radius 3 is 1.97 bits per heavy atom. The van der Waals surface area contributed by atoms with Crippen molar-refractivity contribution in [2.75, 3.05) is 6.61 Å². The molecule has 3 aromatic rings. The Balaban J connectivity index is 1.97. The first-order valence-electron chi connectivity index (χ1n) is 13.9. The van der Waals surface area contributed by atoms with E-state index in [0.717, 1.165) is 35.1 Å². The number of aliphatic hydroxyl groups is 1. The zero-order valence-corrected chi connectivity index (χ0v) is 23.8. The van der Waals surface area contributed by atoms with Crippen molar-refractivity contribution in [3.8, 4) is 11.1 Å². The van der Waals surface area contributed by atoms with Gasteiger partial charge in [-0.1, -0.05) is 88.4 Å². The van der Waals surface area contributed by atoms with Crippen LogP contribution < -0.4 is 0 Å². The molecule has 0 aliphatic rings. The van der Waals surface area contributed by atoms with Crippen LogP contribution in [0.3, 0.4) is 0 Å². The molecule has 0 aliphatic heterocycles. The average molecular weight is 519 g/mol. The van der Waals surface area contributed by atoms with E-state index in [-0.39, 0.29) is 17.8 Å². The van der Waals surface area contributed by atoms with Gasteiger partial charge in [0, 0.05) is 11.8 Å². The molecular formula is C34H43FO3. The molecule has 204 valence electrons. The molecule has 0 radical (unpaired) electrons. The Morgan fingerprint density at radius 1 is 0.816 bits per heavy atom. The van der Waals surface area contributed by atoms with E-state index in [1.165, 1.54) is 16.7 Å². The third kappa shape index (κ3) is 6.26. The Bertz CT molecular complexity index is 1250. The van der Waals surface area contributed by atoms with Gasteiger partial charge in [-0.15, -0.1) is 0 Å². The molecule has 0 amide bonds. The van der Waals surface area contributed by atoms with Gasteiger partial charge in [0.2, 0.25) is 0 Å². The van der Waals surface area contributed by atoms with Crippen molar-refractivity contribution in [2.45, 2.75) is 84.7 Å². The first-order valence-corrected chi connectivity index (χ1v) is 13.9. The molecule has 4 heteroatoms. The Hall–Kier alpha value is -2.79. The molecule has 3 rings (SSSR count). The summed E-state index contributed by atoms with van der Waals surface area (Å²) in [7, 11) is 0. The number of aryl methyl sites for hydroxylation is 2. The predicted molar refractivity (Wildman–Crippen MR) is 156 cm³/mol. The van der Waals surface area contributed by atoms with Crippen LogP contribution in [0.25, 0.3) is 17.2 Å². The Kier molecular flexibility index (Phi) is 10.1. The molecule has 0 bridgehead atoms. The van der Waals surface area contributed by atoms with E-state index in [4.69, 9.17) is 5.26 Å². The zero-order valence-electron chi connectivity index (χ0n) is 23.8. The van der Waals surface area contributed by atoms with Gasteiger partial charge in [0.05, 0.1) is 12.2 Å². The minimum absolute atomic E-state index is 0.0660. The molecule has 2 N–H and O–H groups in total. The highest BCUT2D eigenvalue weighted by atomic mass is 19.1. The lowest BCUT2D eigenvalue weighted by atomic mass is 9.69. The highest BCUT2D eigenvalue weighted by Gasteiger charge is 2.31. The number of benzene rings is 3. The standard InChI is InChI=1S/C34H43FO3/c1-7-33(36,8-2)19-17-26-13-14-29(21-24(26)5)34(9-3,10-4)30-15-16-31(25(6)22-30)28-12-11-27(18-20-38-37)32(35)23-28/h11-17,19,21-23,36-37H,7-10,18,20H2,1-6H3/b19-17+. The van der Waals surface area contributed by atoms with Crippen LogP contribution in [0.2, 0.25) is 0 Å². The van der Waals surface area contributed by atoms with Gasteiger partial charge in [0.1, 0.15) is 5.82 Å². The summed E-state index contributed by atoms with van der Waals surface area (Å²) in [5, 5.41) is 19.2. The molecule has 0 saturated heterocycles. The summed E-state index contributed by atoms with van der Waals surface area (Å²) in [5.41, 5.74) is 7.43. The van der Waals surface area contributed by atoms with Gasteiger partial charge in [0.25, 0.3) is 0 Å². The van der Waals surface area contributed by atoms with E-state index in [2.05, 4.69) is 69.0 Å². The summed E-state index contributed by atoms with van der Waals surface area (Å²) < 4.78 is 14.7. The van der Waals surface area contributed by atoms with E-state index in [1.807, 2.05) is 32.1 Å². The average Bonchev–Trinajstić information content (AvgIpc) is 2.93. The van der Waals surface area contributed by atoms with Crippen molar-refractivity contribution < 1.29 is 19.6 Å². The molecule has 0 atom stereocenters. The van der Waals surface area contributed by atoms with E-state index in [1.54, 1.807) is 12.1 Å². The Morgan fingerprint density at radius 2 is 1.45 bits per heavy atom. The molecule has 0 heterocycles. The smallest absolute Gasteiger partial charge is 0.127 e. The molecule has 0 unspecified atom stereocenters. The first-order chi connectivity index (χ1) is 18.2. The van der Waals surface area contributed by atoms with Crippen molar-refractivity contribution in [3.05, 3.63) is 99.9 Å². The normalized spacial score (nSPS) is 12.4. The molecule has 0 aliphatic carbocycles. The Labute approximate surface area is 227 Å². The van der Waals surface area contributed by atoms with Gasteiger partial charge in [-0.25, -0.2) is 9.28 Å². The number of rotatable bonds is 12. The van der Waals surface area contributed by atoms with Crippen LogP contribution in [0.4, 0.5) is 4.39 Å². The molecule has 3 aromatic carbocycles. The fourth-order valence-electron chi connectivity index (χ4n) is 5.48. The molecule has 0 fully saturated rings. The molecule has 0 aromatic heterocycles. The molecule has 0 spiro atoms. The minimum Gasteiger partial charge on any atom is -0.386 e. The highest BCUT2D eigenvalue weighted by molar-refractivity contribution is 5.69. The fraction of sp³-hybridized carbons (Fsp3) is 0.412. The third-order valence-corrected chi connectivity index (χ3v) is 8.43. The second-order valence-electron chi connectivity index (χ2n) is 10.4. The molecular weight excluding hydrogens is 475 g/mol. The summed E-state index contributed by atoms with van der Waals surface area (Å²) in [6.45, 7) is 12.8. The zero-order chi connectivity index (χ0) is 27.9. The number of halogens is 1. The quantitative estimate of drug-likeness (QED) is 0.186. The van der Waals surface area contributed by atoms with Crippen LogP contribution in [-0.4, -0.2) is 22.6 Å². The van der Waals surface area contributed by atoms with Crippen molar-refractivity contribution in [2.24, 2.45) is 0 Å². The van der Waals surface area contributed by atoms with Crippen LogP contribution in [0.1, 0.15) is 86.8 Å². The van der Waals surface area contributed by atoms with Gasteiger partial charge in [-0.05, 0) is 90.1 Å². The largest absolute Gasteiger partial charge is 0.386 e. The van der Waals surface area contributed by atoms with Crippen molar-refractivity contribution >= 4 is 6.08 Å². The van der Waals surface area contributed by atoms with E-state index < -0.39 is 5.60 Å². The number of hydrogen-bond acceptors (Lipinski definition) is 3. The SMILES string of the molecule is CCC(O)(/C=C/c1ccc(C(CC)(CC)c2ccc(-c3ccc(CCOO)c(F)c3)c(C)c2)cc1C)CC. The van der Waals surface area contributed by atoms with E-state index in [0.29, 0.717) is 24.8 Å². The van der Waals surface area contributed by atoms with Crippen LogP contribution >= 0.6 is 0 Å². The first kappa shape index (κ1) is 29.8. The lowest BCUT2D eigenvalue weighted by Gasteiger charge is -2.34. The maximum atomic E-state index is 14.7. The molecule has 38 heavy (non-hydrogen) atoms. The number of hydrogen-bond donors (Lipinski definition) is 2. The highest BCUT2D eigenvalue weighted by Crippen LogP contribution is 2.41. The second-order valence-corrected chi connectivity index (χ2v) is 10.4. The molecule has 0 saturated carbocycles. The van der Waals surface area contributed by atoms with Gasteiger partial charge in [0.15, 0.2) is 0 Å². The lowest BCUT2D eigenvalue weighted by Crippen LogP contribution is -2.26. The van der Waals surface area contributed by atoms with Crippen LogP contribution in [0, 0.1) is 19.7 Å². The lowest BCUT2D eigenvalue weighted by molar-refractivity contribution is -0.241. The van der Waals surface area contributed by atoms with Crippen molar-refractivity contribution in [3.63, 3.8) is 0 Å². The minimum atomic E-state index is -0.766. The van der Waals surface area contributed by atoms with E-state index in [9.17, 15) is 9.50 Å². The van der Waals surface area contributed by atoms with E-state index >= 15 is 0 Å². The third-order valence-electron chi connectivity index (χ3n) is 8.43. The van der Waals surface area contributed by atoms with Crippen molar-refractivity contribution in [1.29, 1.82) is 0 Å². The summed E-state index contributed by atoms with van der Waals surface area (Å²) in [6, 6.07) is 18.5. The topological polar surface area (TPSA) is 49.7 Å². The van der Waals surface area contributed by atoms with Crippen molar-refractivity contribution in [1.82, 2.24) is 0 Å². The van der Waals surface area contributed by atoms with Gasteiger partial charge < -0.3 is 5.11 Å². The maximum absolute atomic E-state index is 14.7. The van der Waals surface area contributed by atoms with Crippen LogP contribution in [-0.2, 0) is 16.7 Å². The predicted octanol–water partition coefficient (Wildman–Crippen LogP) is 8.81. The molecule has 3 nitrogen and oxygen atoms in total. The van der Waals surface area contributed by atoms with Gasteiger partial charge in [-0.2, -0.15) is 0 Å². The maximum Gasteiger partial charge on any atom is 0.127 e. The summed E-state index contributed by atoms with van der Waals surface area (Å²) in [6.07, 6.45) is 7.60. The fourth-order valence-corrected chi connectivity index (χ4v) is 5.48. The summed E-state index contributed by atoms with van der Waals surface area (Å²) >= 11 is 0. The summed E-state index contributed by atoms with van der Waals surface area (Å²) in [5.74, 6) is -0.291. The van der Waals surface area contributed by atoms with Gasteiger partial charge >= 0.3 is 0 Å². The van der Waals surface area contributed by atoms with Crippen LogP contribution in [0.15, 0.2) is 60.7 Å².